The van der Waals surface area contributed by atoms with Crippen LogP contribution in [0.15, 0.2) is 0 Å². The van der Waals surface area contributed by atoms with E-state index in [9.17, 15) is 14.7 Å². The Balaban J connectivity index is 1.51. The average molecular weight is 306 g/mol. The van der Waals surface area contributed by atoms with Gasteiger partial charge in [-0.2, -0.15) is 0 Å². The third kappa shape index (κ3) is 2.34. The van der Waals surface area contributed by atoms with E-state index in [1.165, 1.54) is 6.42 Å². The minimum atomic E-state index is -0.632. The van der Waals surface area contributed by atoms with Crippen LogP contribution >= 0.6 is 0 Å². The molecule has 1 saturated heterocycles. The molecule has 3 N–H and O–H groups in total. The number of hydrogen-bond donors (Lipinski definition) is 3. The summed E-state index contributed by atoms with van der Waals surface area (Å²) in [5.74, 6) is 0.941. The van der Waals surface area contributed by atoms with Crippen LogP contribution in [0, 0.1) is 17.3 Å². The van der Waals surface area contributed by atoms with Crippen molar-refractivity contribution in [1.29, 1.82) is 0 Å². The molecule has 4 aliphatic carbocycles. The highest BCUT2D eigenvalue weighted by molar-refractivity contribution is 5.90. The van der Waals surface area contributed by atoms with Gasteiger partial charge in [0, 0.05) is 6.54 Å². The molecule has 5 fully saturated rings. The first-order valence-electron chi connectivity index (χ1n) is 8.79. The summed E-state index contributed by atoms with van der Waals surface area (Å²) in [7, 11) is 0. The Morgan fingerprint density at radius 1 is 1.18 bits per heavy atom. The molecule has 22 heavy (non-hydrogen) atoms. The van der Waals surface area contributed by atoms with E-state index >= 15 is 0 Å². The summed E-state index contributed by atoms with van der Waals surface area (Å²) in [5, 5.41) is 16.7. The molecule has 2 unspecified atom stereocenters. The maximum atomic E-state index is 13.0. The fourth-order valence-electron chi connectivity index (χ4n) is 5.87. The van der Waals surface area contributed by atoms with E-state index in [0.717, 1.165) is 44.9 Å². The Morgan fingerprint density at radius 3 is 2.59 bits per heavy atom. The normalized spacial score (nSPS) is 47.0. The highest BCUT2D eigenvalue weighted by Gasteiger charge is 2.60. The Hall–Kier alpha value is -1.10. The van der Waals surface area contributed by atoms with E-state index in [4.69, 9.17) is 0 Å². The number of carbonyl (C=O) groups is 2. The maximum Gasteiger partial charge on any atom is 0.242 e. The smallest absolute Gasteiger partial charge is 0.242 e. The highest BCUT2D eigenvalue weighted by atomic mass is 16.3. The number of carbonyl (C=O) groups excluding carboxylic acids is 2. The minimum absolute atomic E-state index is 0.0158. The van der Waals surface area contributed by atoms with Crippen molar-refractivity contribution >= 4 is 11.8 Å². The van der Waals surface area contributed by atoms with Gasteiger partial charge in [0.1, 0.15) is 6.04 Å². The lowest BCUT2D eigenvalue weighted by Crippen LogP contribution is -2.62. The fourth-order valence-corrected chi connectivity index (χ4v) is 5.87. The average Bonchev–Trinajstić information content (AvgIpc) is 2.61. The third-order valence-electron chi connectivity index (χ3n) is 6.35. The van der Waals surface area contributed by atoms with Crippen LogP contribution < -0.4 is 10.6 Å². The monoisotopic (exact) mass is 306 g/mol. The van der Waals surface area contributed by atoms with Crippen molar-refractivity contribution in [2.24, 2.45) is 17.3 Å². The molecule has 0 aromatic rings. The van der Waals surface area contributed by atoms with Crippen molar-refractivity contribution in [3.63, 3.8) is 0 Å². The summed E-state index contributed by atoms with van der Waals surface area (Å²) in [6.07, 6.45) is 7.95. The van der Waals surface area contributed by atoms with Gasteiger partial charge in [-0.3, -0.25) is 9.59 Å². The van der Waals surface area contributed by atoms with Gasteiger partial charge in [0.25, 0.3) is 0 Å². The molecule has 5 nitrogen and oxygen atoms in total. The van der Waals surface area contributed by atoms with Gasteiger partial charge in [-0.25, -0.2) is 0 Å². The molecular weight excluding hydrogens is 280 g/mol. The van der Waals surface area contributed by atoms with Crippen molar-refractivity contribution < 1.29 is 14.7 Å². The number of amides is 2. The highest BCUT2D eigenvalue weighted by Crippen LogP contribution is 2.61. The lowest BCUT2D eigenvalue weighted by Gasteiger charge is -2.59. The maximum absolute atomic E-state index is 13.0. The minimum Gasteiger partial charge on any atom is -0.390 e. The molecule has 1 heterocycles. The van der Waals surface area contributed by atoms with Crippen LogP contribution in [0.2, 0.25) is 0 Å². The molecule has 5 aliphatic rings. The van der Waals surface area contributed by atoms with Gasteiger partial charge in [-0.05, 0) is 69.6 Å². The van der Waals surface area contributed by atoms with Crippen LogP contribution in [-0.2, 0) is 9.59 Å². The van der Waals surface area contributed by atoms with Crippen LogP contribution in [-0.4, -0.2) is 35.1 Å². The lowest BCUT2D eigenvalue weighted by molar-refractivity contribution is -0.178. The predicted octanol–water partition coefficient (Wildman–Crippen LogP) is 1.10. The van der Waals surface area contributed by atoms with Crippen molar-refractivity contribution in [3.8, 4) is 0 Å². The number of rotatable bonds is 2. The second-order valence-corrected chi connectivity index (χ2v) is 8.28. The molecule has 5 heteroatoms. The van der Waals surface area contributed by atoms with Crippen molar-refractivity contribution in [3.05, 3.63) is 0 Å². The third-order valence-corrected chi connectivity index (χ3v) is 6.35. The molecule has 0 aromatic carbocycles. The van der Waals surface area contributed by atoms with Gasteiger partial charge in [-0.1, -0.05) is 0 Å². The molecule has 122 valence electrons. The van der Waals surface area contributed by atoms with Gasteiger partial charge >= 0.3 is 0 Å². The van der Waals surface area contributed by atoms with Crippen molar-refractivity contribution in [1.82, 2.24) is 10.6 Å². The molecular formula is C17H26N2O3. The van der Waals surface area contributed by atoms with Crippen molar-refractivity contribution in [2.45, 2.75) is 69.4 Å². The van der Waals surface area contributed by atoms with Crippen LogP contribution in [0.4, 0.5) is 0 Å². The van der Waals surface area contributed by atoms with Crippen LogP contribution in [0.3, 0.4) is 0 Å². The Labute approximate surface area is 131 Å². The summed E-state index contributed by atoms with van der Waals surface area (Å²) in [4.78, 5) is 25.0. The Bertz CT molecular complexity index is 490. The summed E-state index contributed by atoms with van der Waals surface area (Å²) < 4.78 is 0. The molecule has 3 atom stereocenters. The van der Waals surface area contributed by atoms with Crippen molar-refractivity contribution in [2.75, 3.05) is 6.54 Å². The fraction of sp³-hybridized carbons (Fsp3) is 0.882. The number of nitrogens with one attached hydrogen (secondary N) is 2. The molecule has 0 aromatic heterocycles. The molecule has 4 bridgehead atoms. The zero-order valence-electron chi connectivity index (χ0n) is 13.1. The van der Waals surface area contributed by atoms with Gasteiger partial charge in [0.2, 0.25) is 11.8 Å². The lowest BCUT2D eigenvalue weighted by atomic mass is 9.47. The molecule has 0 radical (unpaired) electrons. The standard InChI is InChI=1S/C17H26N2O3/c20-14-13(3-1-2-4-18-14)19-15(21)16-6-11-5-12(7-16)9-17(22,8-11)10-16/h11-13,22H,1-10H2,(H,18,20)(H,19,21)/t11?,12?,13-,16?,17?/m0/s1. The Morgan fingerprint density at radius 2 is 1.91 bits per heavy atom. The van der Waals surface area contributed by atoms with Gasteiger partial charge in [0.15, 0.2) is 0 Å². The van der Waals surface area contributed by atoms with Crippen LogP contribution in [0.1, 0.15) is 57.8 Å². The number of aliphatic hydroxyl groups is 1. The van der Waals surface area contributed by atoms with Gasteiger partial charge in [0.05, 0.1) is 11.0 Å². The first kappa shape index (κ1) is 14.5. The second-order valence-electron chi connectivity index (χ2n) is 8.28. The van der Waals surface area contributed by atoms with Gasteiger partial charge < -0.3 is 15.7 Å². The van der Waals surface area contributed by atoms with E-state index in [1.54, 1.807) is 0 Å². The summed E-state index contributed by atoms with van der Waals surface area (Å²) in [6.45, 7) is 0.709. The quantitative estimate of drug-likeness (QED) is 0.715. The summed E-state index contributed by atoms with van der Waals surface area (Å²) in [5.41, 5.74) is -1.06. The molecule has 4 saturated carbocycles. The molecule has 1 aliphatic heterocycles. The summed E-state index contributed by atoms with van der Waals surface area (Å²) >= 11 is 0. The predicted molar refractivity (Wildman–Crippen MR) is 80.9 cm³/mol. The van der Waals surface area contributed by atoms with E-state index in [2.05, 4.69) is 10.6 Å². The second kappa shape index (κ2) is 4.95. The van der Waals surface area contributed by atoms with E-state index in [-0.39, 0.29) is 11.8 Å². The zero-order chi connectivity index (χ0) is 15.4. The SMILES string of the molecule is O=C1NCCCC[C@@H]1NC(=O)C12CC3CC(CC(O)(C3)C1)C2. The molecule has 2 amide bonds. The zero-order valence-corrected chi connectivity index (χ0v) is 13.1. The first-order chi connectivity index (χ1) is 10.5. The summed E-state index contributed by atoms with van der Waals surface area (Å²) in [6, 6.07) is -0.391. The number of hydrogen-bond acceptors (Lipinski definition) is 3. The molecule has 5 rings (SSSR count). The van der Waals surface area contributed by atoms with Crippen LogP contribution in [0.5, 0.6) is 0 Å². The largest absolute Gasteiger partial charge is 0.390 e. The molecule has 0 spiro atoms. The first-order valence-corrected chi connectivity index (χ1v) is 8.79. The topological polar surface area (TPSA) is 78.4 Å². The Kier molecular flexibility index (Phi) is 3.26. The van der Waals surface area contributed by atoms with Gasteiger partial charge in [-0.15, -0.1) is 0 Å². The van der Waals surface area contributed by atoms with E-state index in [1.807, 2.05) is 0 Å². The van der Waals surface area contributed by atoms with E-state index in [0.29, 0.717) is 24.8 Å². The van der Waals surface area contributed by atoms with E-state index < -0.39 is 17.1 Å². The van der Waals surface area contributed by atoms with Crippen LogP contribution in [0.25, 0.3) is 0 Å².